The first-order valence-corrected chi connectivity index (χ1v) is 9.45. The van der Waals surface area contributed by atoms with E-state index in [0.717, 1.165) is 11.1 Å². The molecule has 0 bridgehead atoms. The molecule has 2 N–H and O–H groups in total. The first-order valence-electron chi connectivity index (χ1n) is 9.45. The summed E-state index contributed by atoms with van der Waals surface area (Å²) < 4.78 is 21.5. The first kappa shape index (κ1) is 21.0. The first-order chi connectivity index (χ1) is 14.6. The van der Waals surface area contributed by atoms with Crippen LogP contribution in [0.1, 0.15) is 23.0 Å². The van der Waals surface area contributed by atoms with Gasteiger partial charge in [0.15, 0.2) is 11.5 Å². The van der Waals surface area contributed by atoms with Crippen molar-refractivity contribution in [3.63, 3.8) is 0 Å². The van der Waals surface area contributed by atoms with E-state index in [1.807, 2.05) is 37.3 Å². The number of benzene rings is 2. The Morgan fingerprint density at radius 1 is 0.967 bits per heavy atom. The smallest absolute Gasteiger partial charge is 0.269 e. The molecule has 8 heteroatoms. The quantitative estimate of drug-likeness (QED) is 0.560. The number of hydrogen-bond acceptors (Lipinski definition) is 6. The molecule has 0 spiro atoms. The number of carbonyl (C=O) groups is 1. The average Bonchev–Trinajstić information content (AvgIpc) is 3.27. The highest BCUT2D eigenvalue weighted by Gasteiger charge is 2.15. The molecule has 0 aliphatic carbocycles. The molecule has 1 aromatic heterocycles. The molecule has 1 amide bonds. The number of hydrogen-bond donors (Lipinski definition) is 2. The minimum atomic E-state index is -0.269. The summed E-state index contributed by atoms with van der Waals surface area (Å²) in [5, 5.41) is 9.90. The minimum Gasteiger partial charge on any atom is -0.497 e. The number of aromatic nitrogens is 2. The van der Waals surface area contributed by atoms with Crippen molar-refractivity contribution in [1.82, 2.24) is 15.5 Å². The van der Waals surface area contributed by atoms with Crippen LogP contribution in [0.5, 0.6) is 23.0 Å². The maximum Gasteiger partial charge on any atom is 0.269 e. The monoisotopic (exact) mass is 411 g/mol. The van der Waals surface area contributed by atoms with Crippen LogP contribution in [-0.4, -0.2) is 44.0 Å². The molecule has 0 saturated heterocycles. The van der Waals surface area contributed by atoms with Gasteiger partial charge in [0.05, 0.1) is 33.6 Å². The van der Waals surface area contributed by atoms with E-state index in [2.05, 4.69) is 15.5 Å². The zero-order chi connectivity index (χ0) is 21.5. The van der Waals surface area contributed by atoms with Gasteiger partial charge in [0.2, 0.25) is 0 Å². The van der Waals surface area contributed by atoms with Crippen LogP contribution in [0.3, 0.4) is 0 Å². The molecular weight excluding hydrogens is 386 g/mol. The molecule has 3 rings (SSSR count). The molecule has 0 atom stereocenters. The van der Waals surface area contributed by atoms with Gasteiger partial charge >= 0.3 is 0 Å². The second kappa shape index (κ2) is 9.69. The summed E-state index contributed by atoms with van der Waals surface area (Å²) >= 11 is 0. The zero-order valence-corrected chi connectivity index (χ0v) is 17.4. The van der Waals surface area contributed by atoms with E-state index in [1.165, 1.54) is 0 Å². The number of methoxy groups -OCH3 is 3. The Labute approximate surface area is 175 Å². The molecule has 2 aromatic carbocycles. The third kappa shape index (κ3) is 4.65. The SMILES string of the molecule is CCOc1cc(CNC(=O)c2cc(-c3ccc(OC)cc3OC)n[nH]2)ccc1OC. The number of carbonyl (C=O) groups excluding carboxylic acids is 1. The highest BCUT2D eigenvalue weighted by Crippen LogP contribution is 2.32. The van der Waals surface area contributed by atoms with Crippen molar-refractivity contribution in [2.75, 3.05) is 27.9 Å². The van der Waals surface area contributed by atoms with E-state index in [1.54, 1.807) is 33.5 Å². The van der Waals surface area contributed by atoms with Crippen molar-refractivity contribution >= 4 is 5.91 Å². The lowest BCUT2D eigenvalue weighted by molar-refractivity contribution is 0.0946. The van der Waals surface area contributed by atoms with Gasteiger partial charge in [0.25, 0.3) is 5.91 Å². The summed E-state index contributed by atoms with van der Waals surface area (Å²) in [6.45, 7) is 2.77. The lowest BCUT2D eigenvalue weighted by Crippen LogP contribution is -2.23. The Morgan fingerprint density at radius 3 is 2.47 bits per heavy atom. The van der Waals surface area contributed by atoms with Crippen molar-refractivity contribution < 1.29 is 23.7 Å². The van der Waals surface area contributed by atoms with Crippen LogP contribution in [-0.2, 0) is 6.54 Å². The van der Waals surface area contributed by atoms with Crippen molar-refractivity contribution in [3.8, 4) is 34.3 Å². The Morgan fingerprint density at radius 2 is 1.77 bits per heavy atom. The van der Waals surface area contributed by atoms with E-state index in [-0.39, 0.29) is 5.91 Å². The maximum atomic E-state index is 12.6. The van der Waals surface area contributed by atoms with Gasteiger partial charge in [-0.05, 0) is 42.8 Å². The van der Waals surface area contributed by atoms with E-state index in [0.29, 0.717) is 47.5 Å². The Balaban J connectivity index is 1.71. The van der Waals surface area contributed by atoms with Gasteiger partial charge in [0.1, 0.15) is 17.2 Å². The van der Waals surface area contributed by atoms with Gasteiger partial charge in [-0.15, -0.1) is 0 Å². The molecule has 0 radical (unpaired) electrons. The highest BCUT2D eigenvalue weighted by atomic mass is 16.5. The molecule has 158 valence electrons. The van der Waals surface area contributed by atoms with E-state index in [4.69, 9.17) is 18.9 Å². The van der Waals surface area contributed by atoms with Crippen molar-refractivity contribution in [2.45, 2.75) is 13.5 Å². The Kier molecular flexibility index (Phi) is 6.79. The average molecular weight is 411 g/mol. The van der Waals surface area contributed by atoms with Crippen LogP contribution in [0.4, 0.5) is 0 Å². The molecule has 0 aliphatic rings. The number of H-pyrrole nitrogens is 1. The van der Waals surface area contributed by atoms with Gasteiger partial charge in [0, 0.05) is 18.2 Å². The normalized spacial score (nSPS) is 10.4. The number of nitrogens with one attached hydrogen (secondary N) is 2. The number of nitrogens with zero attached hydrogens (tertiary/aromatic N) is 1. The van der Waals surface area contributed by atoms with Gasteiger partial charge < -0.3 is 24.3 Å². The number of amides is 1. The zero-order valence-electron chi connectivity index (χ0n) is 17.4. The second-order valence-corrected chi connectivity index (χ2v) is 6.33. The fraction of sp³-hybridized carbons (Fsp3) is 0.273. The fourth-order valence-corrected chi connectivity index (χ4v) is 2.96. The molecular formula is C22H25N3O5. The number of rotatable bonds is 9. The molecule has 3 aromatic rings. The summed E-state index contributed by atoms with van der Waals surface area (Å²) in [5.41, 5.74) is 2.60. The highest BCUT2D eigenvalue weighted by molar-refractivity contribution is 5.93. The van der Waals surface area contributed by atoms with Crippen LogP contribution < -0.4 is 24.3 Å². The van der Waals surface area contributed by atoms with Crippen LogP contribution in [0.2, 0.25) is 0 Å². The standard InChI is InChI=1S/C22H25N3O5/c1-5-30-21-10-14(6-9-19(21)28-3)13-23-22(26)18-12-17(24-25-18)16-8-7-15(27-2)11-20(16)29-4/h6-12H,5,13H2,1-4H3,(H,23,26)(H,24,25). The summed E-state index contributed by atoms with van der Waals surface area (Å²) in [7, 11) is 4.75. The van der Waals surface area contributed by atoms with Crippen molar-refractivity contribution in [3.05, 3.63) is 53.7 Å². The fourth-order valence-electron chi connectivity index (χ4n) is 2.96. The second-order valence-electron chi connectivity index (χ2n) is 6.33. The van der Waals surface area contributed by atoms with Gasteiger partial charge in [-0.25, -0.2) is 0 Å². The van der Waals surface area contributed by atoms with Gasteiger partial charge in [-0.3, -0.25) is 9.89 Å². The summed E-state index contributed by atoms with van der Waals surface area (Å²) in [6, 6.07) is 12.6. The molecule has 0 aliphatic heterocycles. The summed E-state index contributed by atoms with van der Waals surface area (Å²) in [4.78, 5) is 12.6. The topological polar surface area (TPSA) is 94.7 Å². The summed E-state index contributed by atoms with van der Waals surface area (Å²) in [6.07, 6.45) is 0. The van der Waals surface area contributed by atoms with Crippen molar-refractivity contribution in [2.24, 2.45) is 0 Å². The molecule has 8 nitrogen and oxygen atoms in total. The van der Waals surface area contributed by atoms with E-state index >= 15 is 0 Å². The molecule has 0 unspecified atom stereocenters. The molecule has 0 fully saturated rings. The molecule has 30 heavy (non-hydrogen) atoms. The predicted molar refractivity (Wildman–Crippen MR) is 112 cm³/mol. The lowest BCUT2D eigenvalue weighted by atomic mass is 10.1. The minimum absolute atomic E-state index is 0.269. The summed E-state index contributed by atoms with van der Waals surface area (Å²) in [5.74, 6) is 2.31. The van der Waals surface area contributed by atoms with Gasteiger partial charge in [-0.1, -0.05) is 6.07 Å². The molecule has 0 saturated carbocycles. The number of aromatic amines is 1. The lowest BCUT2D eigenvalue weighted by Gasteiger charge is -2.11. The molecule has 1 heterocycles. The van der Waals surface area contributed by atoms with E-state index in [9.17, 15) is 4.79 Å². The van der Waals surface area contributed by atoms with Crippen LogP contribution in [0, 0.1) is 0 Å². The van der Waals surface area contributed by atoms with Gasteiger partial charge in [-0.2, -0.15) is 5.10 Å². The predicted octanol–water partition coefficient (Wildman–Crippen LogP) is 3.43. The Hall–Kier alpha value is -3.68. The van der Waals surface area contributed by atoms with Crippen LogP contribution in [0.25, 0.3) is 11.3 Å². The van der Waals surface area contributed by atoms with Crippen LogP contribution in [0.15, 0.2) is 42.5 Å². The number of ether oxygens (including phenoxy) is 4. The largest absolute Gasteiger partial charge is 0.497 e. The van der Waals surface area contributed by atoms with Crippen LogP contribution >= 0.6 is 0 Å². The third-order valence-electron chi connectivity index (χ3n) is 4.49. The third-order valence-corrected chi connectivity index (χ3v) is 4.49. The Bertz CT molecular complexity index is 1020. The van der Waals surface area contributed by atoms with E-state index < -0.39 is 0 Å². The van der Waals surface area contributed by atoms with Crippen molar-refractivity contribution in [1.29, 1.82) is 0 Å². The maximum absolute atomic E-state index is 12.6.